The molecule has 0 amide bonds. The molecule has 0 spiro atoms. The van der Waals surface area contributed by atoms with Gasteiger partial charge in [0.25, 0.3) is 0 Å². The van der Waals surface area contributed by atoms with Crippen molar-refractivity contribution in [3.63, 3.8) is 0 Å². The summed E-state index contributed by atoms with van der Waals surface area (Å²) < 4.78 is 14.2. The molecule has 0 aromatic heterocycles. The SMILES string of the molecule is CN(C)C.CO[SiH](OC)OC. The topological polar surface area (TPSA) is 30.9 Å². The van der Waals surface area contributed by atoms with Gasteiger partial charge in [0.1, 0.15) is 0 Å². The van der Waals surface area contributed by atoms with E-state index < -0.39 is 9.53 Å². The average Bonchev–Trinajstić information content (AvgIpc) is 1.90. The van der Waals surface area contributed by atoms with Crippen molar-refractivity contribution in [3.05, 3.63) is 0 Å². The molecule has 11 heavy (non-hydrogen) atoms. The van der Waals surface area contributed by atoms with E-state index in [0.717, 1.165) is 0 Å². The maximum atomic E-state index is 4.74. The lowest BCUT2D eigenvalue weighted by Gasteiger charge is -2.05. The molecule has 0 saturated carbocycles. The van der Waals surface area contributed by atoms with E-state index in [2.05, 4.69) is 0 Å². The van der Waals surface area contributed by atoms with Crippen LogP contribution in [0.15, 0.2) is 0 Å². The predicted molar refractivity (Wildman–Crippen MR) is 47.8 cm³/mol. The molecule has 0 radical (unpaired) electrons. The van der Waals surface area contributed by atoms with Crippen LogP contribution in [0, 0.1) is 0 Å². The molecule has 0 aromatic carbocycles. The number of rotatable bonds is 3. The van der Waals surface area contributed by atoms with Crippen molar-refractivity contribution in [2.24, 2.45) is 0 Å². The van der Waals surface area contributed by atoms with E-state index in [9.17, 15) is 0 Å². The Morgan fingerprint density at radius 3 is 1.00 bits per heavy atom. The van der Waals surface area contributed by atoms with Crippen LogP contribution in [-0.2, 0) is 13.3 Å². The van der Waals surface area contributed by atoms with Crippen LogP contribution >= 0.6 is 0 Å². The molecule has 4 nitrogen and oxygen atoms in total. The van der Waals surface area contributed by atoms with E-state index in [4.69, 9.17) is 13.3 Å². The highest BCUT2D eigenvalue weighted by atomic mass is 28.3. The standard InChI is InChI=1S/C3H9N.C3H10O3Si/c1-4(2)3;1-4-7(5-2)6-3/h1-3H3;7H,1-3H3. The first-order chi connectivity index (χ1) is 5.08. The highest BCUT2D eigenvalue weighted by molar-refractivity contribution is 6.36. The smallest absolute Gasteiger partial charge is 0.379 e. The summed E-state index contributed by atoms with van der Waals surface area (Å²) in [5, 5.41) is 0. The Kier molecular flexibility index (Phi) is 12.5. The lowest BCUT2D eigenvalue weighted by Crippen LogP contribution is -2.21. The Balaban J connectivity index is 0. The molecule has 0 rings (SSSR count). The fraction of sp³-hybridized carbons (Fsp3) is 1.00. The van der Waals surface area contributed by atoms with Crippen molar-refractivity contribution >= 4 is 9.53 Å². The Morgan fingerprint density at radius 1 is 0.818 bits per heavy atom. The van der Waals surface area contributed by atoms with Gasteiger partial charge in [-0.25, -0.2) is 0 Å². The van der Waals surface area contributed by atoms with Crippen LogP contribution in [0.2, 0.25) is 0 Å². The quantitative estimate of drug-likeness (QED) is 0.565. The van der Waals surface area contributed by atoms with Gasteiger partial charge in [-0.1, -0.05) is 0 Å². The molecular weight excluding hydrogens is 162 g/mol. The third-order valence-corrected chi connectivity index (χ3v) is 1.73. The van der Waals surface area contributed by atoms with Crippen LogP contribution in [0.4, 0.5) is 0 Å². The maximum Gasteiger partial charge on any atom is 0.483 e. The number of nitrogens with zero attached hydrogens (tertiary/aromatic N) is 1. The van der Waals surface area contributed by atoms with Crippen LogP contribution < -0.4 is 0 Å². The second-order valence-corrected chi connectivity index (χ2v) is 4.33. The molecule has 0 aliphatic heterocycles. The summed E-state index contributed by atoms with van der Waals surface area (Å²) in [6, 6.07) is 0. The minimum atomic E-state index is -1.67. The van der Waals surface area contributed by atoms with Crippen LogP contribution in [0.25, 0.3) is 0 Å². The predicted octanol–water partition coefficient (Wildman–Crippen LogP) is -0.179. The van der Waals surface area contributed by atoms with Gasteiger partial charge in [-0.3, -0.25) is 0 Å². The van der Waals surface area contributed by atoms with Crippen LogP contribution in [0.1, 0.15) is 0 Å². The molecule has 0 aliphatic carbocycles. The fourth-order valence-corrected chi connectivity index (χ4v) is 0.866. The number of hydrogen-bond acceptors (Lipinski definition) is 4. The van der Waals surface area contributed by atoms with E-state index in [0.29, 0.717) is 0 Å². The summed E-state index contributed by atoms with van der Waals surface area (Å²) in [5.41, 5.74) is 0. The third kappa shape index (κ3) is 17.8. The average molecular weight is 181 g/mol. The highest BCUT2D eigenvalue weighted by Crippen LogP contribution is 1.81. The lowest BCUT2D eigenvalue weighted by atomic mass is 11.0. The minimum absolute atomic E-state index is 1.57. The molecule has 0 saturated heterocycles. The molecule has 0 N–H and O–H groups in total. The van der Waals surface area contributed by atoms with E-state index in [1.54, 1.807) is 21.3 Å². The Bertz CT molecular complexity index is 60.6. The van der Waals surface area contributed by atoms with Crippen molar-refractivity contribution in [2.45, 2.75) is 0 Å². The first kappa shape index (κ1) is 13.6. The molecule has 0 aliphatic rings. The van der Waals surface area contributed by atoms with Crippen molar-refractivity contribution in [3.8, 4) is 0 Å². The van der Waals surface area contributed by atoms with E-state index in [1.165, 1.54) is 0 Å². The molecule has 70 valence electrons. The van der Waals surface area contributed by atoms with Crippen LogP contribution in [0.5, 0.6) is 0 Å². The molecule has 0 atom stereocenters. The van der Waals surface area contributed by atoms with Crippen molar-refractivity contribution in [1.82, 2.24) is 4.90 Å². The van der Waals surface area contributed by atoms with Crippen molar-refractivity contribution in [1.29, 1.82) is 0 Å². The molecule has 0 heterocycles. The van der Waals surface area contributed by atoms with E-state index >= 15 is 0 Å². The summed E-state index contributed by atoms with van der Waals surface area (Å²) in [6.07, 6.45) is 0. The molecule has 0 unspecified atom stereocenters. The van der Waals surface area contributed by atoms with Crippen LogP contribution in [-0.4, -0.2) is 56.9 Å². The summed E-state index contributed by atoms with van der Waals surface area (Å²) in [7, 11) is 9.05. The first-order valence-corrected chi connectivity index (χ1v) is 4.69. The lowest BCUT2D eigenvalue weighted by molar-refractivity contribution is 0.163. The molecule has 0 fully saturated rings. The monoisotopic (exact) mass is 181 g/mol. The second-order valence-electron chi connectivity index (χ2n) is 2.34. The molecule has 0 bridgehead atoms. The maximum absolute atomic E-state index is 4.74. The summed E-state index contributed by atoms with van der Waals surface area (Å²) in [6.45, 7) is 0. The summed E-state index contributed by atoms with van der Waals surface area (Å²) in [5.74, 6) is 0. The Hall–Kier alpha value is 0.0569. The molecule has 5 heteroatoms. The van der Waals surface area contributed by atoms with Gasteiger partial charge in [-0.2, -0.15) is 0 Å². The Morgan fingerprint density at radius 2 is 1.00 bits per heavy atom. The van der Waals surface area contributed by atoms with Gasteiger partial charge in [-0.05, 0) is 21.1 Å². The third-order valence-electron chi connectivity index (χ3n) is 0.577. The summed E-state index contributed by atoms with van der Waals surface area (Å²) in [4.78, 5) is 2.00. The Labute approximate surface area is 71.0 Å². The zero-order valence-electron chi connectivity index (χ0n) is 8.25. The van der Waals surface area contributed by atoms with Gasteiger partial charge >= 0.3 is 9.53 Å². The van der Waals surface area contributed by atoms with Crippen molar-refractivity contribution in [2.75, 3.05) is 42.5 Å². The normalized spacial score (nSPS) is 9.82. The van der Waals surface area contributed by atoms with Gasteiger partial charge < -0.3 is 18.2 Å². The highest BCUT2D eigenvalue weighted by Gasteiger charge is 2.04. The first-order valence-electron chi connectivity index (χ1n) is 3.27. The zero-order valence-corrected chi connectivity index (χ0v) is 9.40. The molecule has 0 aromatic rings. The van der Waals surface area contributed by atoms with Gasteiger partial charge in [0, 0.05) is 21.3 Å². The van der Waals surface area contributed by atoms with Gasteiger partial charge in [0.15, 0.2) is 0 Å². The van der Waals surface area contributed by atoms with E-state index in [1.807, 2.05) is 26.0 Å². The summed E-state index contributed by atoms with van der Waals surface area (Å²) >= 11 is 0. The van der Waals surface area contributed by atoms with Crippen molar-refractivity contribution < 1.29 is 13.3 Å². The van der Waals surface area contributed by atoms with E-state index in [-0.39, 0.29) is 0 Å². The fourth-order valence-electron chi connectivity index (χ4n) is 0.289. The minimum Gasteiger partial charge on any atom is -0.379 e. The zero-order chi connectivity index (χ0) is 9.28. The largest absolute Gasteiger partial charge is 0.483 e. The van der Waals surface area contributed by atoms with Gasteiger partial charge in [0.05, 0.1) is 0 Å². The van der Waals surface area contributed by atoms with Gasteiger partial charge in [0.2, 0.25) is 0 Å². The van der Waals surface area contributed by atoms with Gasteiger partial charge in [-0.15, -0.1) is 0 Å². The second kappa shape index (κ2) is 10.1. The molecular formula is C6H19NO3Si. The number of hydrogen-bond donors (Lipinski definition) is 0. The van der Waals surface area contributed by atoms with Crippen LogP contribution in [0.3, 0.4) is 0 Å².